The van der Waals surface area contributed by atoms with E-state index in [0.29, 0.717) is 7.18 Å². The lowest BCUT2D eigenvalue weighted by Crippen LogP contribution is -2.34. The van der Waals surface area contributed by atoms with E-state index in [1.54, 1.807) is 15.0 Å². The van der Waals surface area contributed by atoms with E-state index in [9.17, 15) is 18.8 Å². The number of nitrogens with one attached hydrogen (secondary N) is 3. The van der Waals surface area contributed by atoms with Crippen LogP contribution in [0, 0.1) is 0 Å². The van der Waals surface area contributed by atoms with E-state index in [1.165, 1.54) is 0 Å². The summed E-state index contributed by atoms with van der Waals surface area (Å²) in [5, 5.41) is 0. The zero-order valence-electron chi connectivity index (χ0n) is 5.60. The molecule has 1 rings (SSSR count). The predicted molar refractivity (Wildman–Crippen MR) is 35.3 cm³/mol. The minimum absolute atomic E-state index is 0.500. The third kappa shape index (κ3) is 3.14. The van der Waals surface area contributed by atoms with Gasteiger partial charge in [0.2, 0.25) is 0 Å². The average molecular weight is 163 g/mol. The molecule has 0 aliphatic heterocycles. The summed E-state index contributed by atoms with van der Waals surface area (Å²) in [6.07, 6.45) is 0. The van der Waals surface area contributed by atoms with Crippen LogP contribution in [0.2, 0.25) is 0 Å². The molecule has 0 bridgehead atoms. The highest BCUT2D eigenvalue weighted by Gasteiger charge is 1.84. The fraction of sp³-hybridized carbons (Fsp3) is 0.250. The molecular formula is C4H6FN3O3. The zero-order valence-corrected chi connectivity index (χ0v) is 5.60. The van der Waals surface area contributed by atoms with Crippen LogP contribution in [0.4, 0.5) is 4.39 Å². The van der Waals surface area contributed by atoms with E-state index in [0.717, 1.165) is 0 Å². The largest absolute Gasteiger partial charge is 0.330 e. The van der Waals surface area contributed by atoms with Crippen LogP contribution in [0.3, 0.4) is 0 Å². The molecule has 0 unspecified atom stereocenters. The van der Waals surface area contributed by atoms with Gasteiger partial charge in [0, 0.05) is 0 Å². The molecule has 1 heterocycles. The minimum atomic E-state index is -0.802. The minimum Gasteiger partial charge on any atom is -0.259 e. The third-order valence-electron chi connectivity index (χ3n) is 0.681. The lowest BCUT2D eigenvalue weighted by molar-refractivity contribution is 0.636. The molecule has 62 valence electrons. The number of hydrogen-bond acceptors (Lipinski definition) is 3. The van der Waals surface area contributed by atoms with Crippen molar-refractivity contribution in [2.24, 2.45) is 0 Å². The monoisotopic (exact) mass is 163 g/mol. The van der Waals surface area contributed by atoms with Crippen LogP contribution in [0.25, 0.3) is 0 Å². The van der Waals surface area contributed by atoms with Crippen LogP contribution < -0.4 is 17.1 Å². The van der Waals surface area contributed by atoms with Crippen molar-refractivity contribution in [3.8, 4) is 0 Å². The van der Waals surface area contributed by atoms with Crippen LogP contribution in [0.1, 0.15) is 0 Å². The summed E-state index contributed by atoms with van der Waals surface area (Å²) in [6, 6.07) is 0. The molecule has 0 atom stereocenters. The number of aromatic amines is 3. The van der Waals surface area contributed by atoms with Crippen LogP contribution in [0.15, 0.2) is 14.4 Å². The smallest absolute Gasteiger partial charge is 0.259 e. The first kappa shape index (κ1) is 9.34. The Morgan fingerprint density at radius 3 is 1.18 bits per heavy atom. The van der Waals surface area contributed by atoms with Gasteiger partial charge in [0.1, 0.15) is 0 Å². The molecule has 0 radical (unpaired) electrons. The molecule has 0 fully saturated rings. The molecule has 0 saturated heterocycles. The summed E-state index contributed by atoms with van der Waals surface area (Å²) in [6.45, 7) is 0. The standard InChI is InChI=1S/C3H3N3O3.CH3F/c7-1-4-2(8)6-3(9)5-1;1-2/h(H3,4,5,6,7,8,9);1H3. The molecule has 7 heteroatoms. The summed E-state index contributed by atoms with van der Waals surface area (Å²) in [7, 11) is 0.500. The fourth-order valence-electron chi connectivity index (χ4n) is 0.403. The lowest BCUT2D eigenvalue weighted by atomic mass is 11.0. The van der Waals surface area contributed by atoms with Gasteiger partial charge in [-0.25, -0.2) is 14.4 Å². The Morgan fingerprint density at radius 2 is 1.00 bits per heavy atom. The zero-order chi connectivity index (χ0) is 8.85. The van der Waals surface area contributed by atoms with Crippen LogP contribution >= 0.6 is 0 Å². The van der Waals surface area contributed by atoms with E-state index in [4.69, 9.17) is 0 Å². The number of rotatable bonds is 0. The molecule has 0 aromatic carbocycles. The summed E-state index contributed by atoms with van der Waals surface area (Å²) in [5.74, 6) is 0. The molecule has 3 N–H and O–H groups in total. The first-order valence-corrected chi connectivity index (χ1v) is 2.49. The number of H-pyrrole nitrogens is 3. The summed E-state index contributed by atoms with van der Waals surface area (Å²) in [4.78, 5) is 35.9. The Hall–Kier alpha value is -1.66. The van der Waals surface area contributed by atoms with Crippen molar-refractivity contribution in [2.45, 2.75) is 0 Å². The second kappa shape index (κ2) is 4.20. The third-order valence-corrected chi connectivity index (χ3v) is 0.681. The predicted octanol–water partition coefficient (Wildman–Crippen LogP) is -1.66. The lowest BCUT2D eigenvalue weighted by Gasteiger charge is -1.77. The van der Waals surface area contributed by atoms with Gasteiger partial charge in [-0.3, -0.25) is 19.3 Å². The van der Waals surface area contributed by atoms with Gasteiger partial charge in [-0.2, -0.15) is 0 Å². The molecule has 1 aromatic rings. The maximum absolute atomic E-state index is 10.2. The molecule has 0 aliphatic rings. The molecule has 0 spiro atoms. The van der Waals surface area contributed by atoms with Gasteiger partial charge < -0.3 is 0 Å². The Kier molecular flexibility index (Phi) is 3.57. The van der Waals surface area contributed by atoms with E-state index in [-0.39, 0.29) is 0 Å². The SMILES string of the molecule is CF.O=c1[nH]c(=O)[nH]c(=O)[nH]1. The Labute approximate surface area is 59.1 Å². The molecule has 6 nitrogen and oxygen atoms in total. The fourth-order valence-corrected chi connectivity index (χ4v) is 0.403. The van der Waals surface area contributed by atoms with Crippen molar-refractivity contribution in [3.05, 3.63) is 31.5 Å². The van der Waals surface area contributed by atoms with Gasteiger partial charge in [0.05, 0.1) is 7.18 Å². The second-order valence-corrected chi connectivity index (χ2v) is 1.36. The van der Waals surface area contributed by atoms with Crippen molar-refractivity contribution in [2.75, 3.05) is 7.18 Å². The molecule has 0 saturated carbocycles. The number of aromatic nitrogens is 3. The van der Waals surface area contributed by atoms with E-state index >= 15 is 0 Å². The Balaban J connectivity index is 0.000000461. The van der Waals surface area contributed by atoms with Gasteiger partial charge >= 0.3 is 17.1 Å². The Morgan fingerprint density at radius 1 is 0.818 bits per heavy atom. The second-order valence-electron chi connectivity index (χ2n) is 1.36. The molecular weight excluding hydrogens is 157 g/mol. The van der Waals surface area contributed by atoms with Crippen molar-refractivity contribution >= 4 is 0 Å². The van der Waals surface area contributed by atoms with E-state index in [2.05, 4.69) is 0 Å². The molecule has 0 amide bonds. The molecule has 1 aromatic heterocycles. The van der Waals surface area contributed by atoms with Crippen molar-refractivity contribution in [3.63, 3.8) is 0 Å². The highest BCUT2D eigenvalue weighted by atomic mass is 19.1. The normalized spacial score (nSPS) is 8.18. The summed E-state index contributed by atoms with van der Waals surface area (Å²) in [5.41, 5.74) is -2.41. The summed E-state index contributed by atoms with van der Waals surface area (Å²) >= 11 is 0. The first-order valence-electron chi connectivity index (χ1n) is 2.49. The van der Waals surface area contributed by atoms with Crippen molar-refractivity contribution < 1.29 is 4.39 Å². The van der Waals surface area contributed by atoms with Crippen LogP contribution in [-0.4, -0.2) is 22.1 Å². The number of halogens is 1. The first-order chi connectivity index (χ1) is 5.18. The average Bonchev–Trinajstić information content (AvgIpc) is 1.88. The molecule has 11 heavy (non-hydrogen) atoms. The van der Waals surface area contributed by atoms with E-state index in [1.807, 2.05) is 0 Å². The van der Waals surface area contributed by atoms with Crippen LogP contribution in [0.5, 0.6) is 0 Å². The molecule has 0 aliphatic carbocycles. The maximum atomic E-state index is 10.2. The van der Waals surface area contributed by atoms with Gasteiger partial charge in [0.15, 0.2) is 0 Å². The highest BCUT2D eigenvalue weighted by molar-refractivity contribution is 4.60. The Bertz CT molecular complexity index is 283. The van der Waals surface area contributed by atoms with Crippen molar-refractivity contribution in [1.82, 2.24) is 15.0 Å². The topological polar surface area (TPSA) is 98.6 Å². The van der Waals surface area contributed by atoms with Crippen molar-refractivity contribution in [1.29, 1.82) is 0 Å². The maximum Gasteiger partial charge on any atom is 0.330 e. The summed E-state index contributed by atoms with van der Waals surface area (Å²) < 4.78 is 9.50. The quantitative estimate of drug-likeness (QED) is 0.426. The van der Waals surface area contributed by atoms with E-state index < -0.39 is 17.1 Å². The van der Waals surface area contributed by atoms with Gasteiger partial charge in [-0.15, -0.1) is 0 Å². The van der Waals surface area contributed by atoms with Gasteiger partial charge in [0.25, 0.3) is 0 Å². The van der Waals surface area contributed by atoms with Gasteiger partial charge in [-0.1, -0.05) is 0 Å². The van der Waals surface area contributed by atoms with Gasteiger partial charge in [-0.05, 0) is 0 Å². The number of alkyl halides is 1. The number of hydrogen-bond donors (Lipinski definition) is 3. The van der Waals surface area contributed by atoms with Crippen LogP contribution in [-0.2, 0) is 0 Å². The highest BCUT2D eigenvalue weighted by Crippen LogP contribution is 1.29.